The molecule has 0 saturated carbocycles. The van der Waals surface area contributed by atoms with Crippen molar-refractivity contribution < 1.29 is 23.0 Å². The number of likely N-dealkylation sites (tertiary alicyclic amines) is 1. The van der Waals surface area contributed by atoms with Gasteiger partial charge in [-0.25, -0.2) is 0 Å². The zero-order valence-electron chi connectivity index (χ0n) is 13.9. The van der Waals surface area contributed by atoms with Crippen LogP contribution >= 0.6 is 0 Å². The Labute approximate surface area is 141 Å². The summed E-state index contributed by atoms with van der Waals surface area (Å²) in [5.41, 5.74) is -0.108. The minimum Gasteiger partial charge on any atom is -0.394 e. The minimum absolute atomic E-state index is 0.0290. The Morgan fingerprint density at radius 3 is 2.75 bits per heavy atom. The van der Waals surface area contributed by atoms with E-state index in [0.29, 0.717) is 31.1 Å². The van der Waals surface area contributed by atoms with E-state index in [0.717, 1.165) is 38.9 Å². The number of alkyl halides is 3. The van der Waals surface area contributed by atoms with E-state index in [9.17, 15) is 13.2 Å². The first kappa shape index (κ1) is 19.2. The number of aryl methyl sites for hydroxylation is 1. The molecule has 0 aliphatic carbocycles. The number of aliphatic hydroxyl groups excluding tert-OH is 1. The number of aliphatic hydroxyl groups is 1. The van der Waals surface area contributed by atoms with Gasteiger partial charge in [-0.2, -0.15) is 13.2 Å². The molecule has 1 heterocycles. The van der Waals surface area contributed by atoms with Crippen LogP contribution in [0.2, 0.25) is 0 Å². The monoisotopic (exact) mass is 345 g/mol. The molecular weight excluding hydrogens is 319 g/mol. The molecule has 136 valence electrons. The maximum absolute atomic E-state index is 13.0. The van der Waals surface area contributed by atoms with Gasteiger partial charge in [-0.15, -0.1) is 0 Å². The second-order valence-corrected chi connectivity index (χ2v) is 6.34. The Kier molecular flexibility index (Phi) is 7.52. The van der Waals surface area contributed by atoms with Crippen LogP contribution in [0.4, 0.5) is 13.2 Å². The summed E-state index contributed by atoms with van der Waals surface area (Å²) in [4.78, 5) is 2.31. The van der Waals surface area contributed by atoms with Gasteiger partial charge in [-0.3, -0.25) is 0 Å². The van der Waals surface area contributed by atoms with Gasteiger partial charge in [0, 0.05) is 13.1 Å². The first-order valence-corrected chi connectivity index (χ1v) is 8.56. The molecule has 1 N–H and O–H groups in total. The summed E-state index contributed by atoms with van der Waals surface area (Å²) >= 11 is 0. The molecule has 24 heavy (non-hydrogen) atoms. The molecule has 3 nitrogen and oxygen atoms in total. The molecule has 1 aromatic rings. The number of benzene rings is 1. The van der Waals surface area contributed by atoms with Crippen molar-refractivity contribution in [1.82, 2.24) is 4.90 Å². The van der Waals surface area contributed by atoms with Crippen molar-refractivity contribution in [2.24, 2.45) is 5.92 Å². The maximum atomic E-state index is 13.0. The lowest BCUT2D eigenvalue weighted by atomic mass is 9.90. The lowest BCUT2D eigenvalue weighted by Crippen LogP contribution is -2.37. The summed E-state index contributed by atoms with van der Waals surface area (Å²) in [5, 5.41) is 8.68. The standard InChI is InChI=1S/C18H26F3NO2/c19-18(20,21)17-6-2-1-5-16(17)8-7-15-4-3-9-22(14-15)10-12-24-13-11-23/h1-2,5-6,15,23H,3-4,7-14H2/t15-/m1/s1. The highest BCUT2D eigenvalue weighted by molar-refractivity contribution is 5.29. The van der Waals surface area contributed by atoms with E-state index in [2.05, 4.69) is 4.90 Å². The number of hydrogen-bond donors (Lipinski definition) is 1. The molecule has 1 fully saturated rings. The molecule has 0 aromatic heterocycles. The van der Waals surface area contributed by atoms with Gasteiger partial charge in [-0.1, -0.05) is 18.2 Å². The number of halogens is 3. The van der Waals surface area contributed by atoms with Crippen LogP contribution in [0.5, 0.6) is 0 Å². The summed E-state index contributed by atoms with van der Waals surface area (Å²) in [5.74, 6) is 0.429. The zero-order chi connectivity index (χ0) is 17.4. The molecule has 2 rings (SSSR count). The van der Waals surface area contributed by atoms with Crippen LogP contribution in [-0.4, -0.2) is 49.5 Å². The fourth-order valence-corrected chi connectivity index (χ4v) is 3.32. The number of hydrogen-bond acceptors (Lipinski definition) is 3. The van der Waals surface area contributed by atoms with Crippen LogP contribution in [0.15, 0.2) is 24.3 Å². The summed E-state index contributed by atoms with van der Waals surface area (Å²) in [7, 11) is 0. The van der Waals surface area contributed by atoms with Crippen molar-refractivity contribution >= 4 is 0 Å². The first-order valence-electron chi connectivity index (χ1n) is 8.56. The molecule has 1 atom stereocenters. The molecule has 0 spiro atoms. The summed E-state index contributed by atoms with van der Waals surface area (Å²) in [6.45, 7) is 3.71. The Bertz CT molecular complexity index is 493. The van der Waals surface area contributed by atoms with Crippen molar-refractivity contribution in [3.05, 3.63) is 35.4 Å². The molecule has 1 aliphatic heterocycles. The van der Waals surface area contributed by atoms with E-state index in [4.69, 9.17) is 9.84 Å². The highest BCUT2D eigenvalue weighted by Gasteiger charge is 2.33. The Morgan fingerprint density at radius 2 is 2.00 bits per heavy atom. The third kappa shape index (κ3) is 6.07. The van der Waals surface area contributed by atoms with Crippen LogP contribution in [-0.2, 0) is 17.3 Å². The van der Waals surface area contributed by atoms with E-state index in [-0.39, 0.29) is 6.61 Å². The zero-order valence-corrected chi connectivity index (χ0v) is 13.9. The third-order valence-electron chi connectivity index (χ3n) is 4.54. The molecule has 0 amide bonds. The molecule has 0 unspecified atom stereocenters. The number of rotatable bonds is 8. The highest BCUT2D eigenvalue weighted by atomic mass is 19.4. The Hall–Kier alpha value is -1.11. The van der Waals surface area contributed by atoms with Gasteiger partial charge in [0.15, 0.2) is 0 Å². The van der Waals surface area contributed by atoms with Crippen LogP contribution in [0.25, 0.3) is 0 Å². The molecule has 1 aliphatic rings. The molecule has 6 heteroatoms. The van der Waals surface area contributed by atoms with Gasteiger partial charge in [0.25, 0.3) is 0 Å². The lowest BCUT2D eigenvalue weighted by Gasteiger charge is -2.32. The van der Waals surface area contributed by atoms with Crippen molar-refractivity contribution in [2.75, 3.05) is 39.5 Å². The fourth-order valence-electron chi connectivity index (χ4n) is 3.32. The topological polar surface area (TPSA) is 32.7 Å². The van der Waals surface area contributed by atoms with Crippen LogP contribution in [0.3, 0.4) is 0 Å². The molecule has 1 saturated heterocycles. The van der Waals surface area contributed by atoms with Crippen LogP contribution in [0.1, 0.15) is 30.4 Å². The van der Waals surface area contributed by atoms with Crippen molar-refractivity contribution in [3.63, 3.8) is 0 Å². The second-order valence-electron chi connectivity index (χ2n) is 6.34. The molecule has 1 aromatic carbocycles. The predicted octanol–water partition coefficient (Wildman–Crippen LogP) is 3.36. The van der Waals surface area contributed by atoms with Gasteiger partial charge in [-0.05, 0) is 49.8 Å². The average Bonchev–Trinajstić information content (AvgIpc) is 2.57. The molecular formula is C18H26F3NO2. The molecule has 0 radical (unpaired) electrons. The van der Waals surface area contributed by atoms with Gasteiger partial charge in [0.05, 0.1) is 25.4 Å². The number of nitrogens with zero attached hydrogens (tertiary/aromatic N) is 1. The number of piperidine rings is 1. The second kappa shape index (κ2) is 9.39. The van der Waals surface area contributed by atoms with E-state index in [1.807, 2.05) is 0 Å². The number of ether oxygens (including phenoxy) is 1. The van der Waals surface area contributed by atoms with Crippen molar-refractivity contribution in [3.8, 4) is 0 Å². The van der Waals surface area contributed by atoms with Gasteiger partial charge < -0.3 is 14.7 Å². The first-order chi connectivity index (χ1) is 11.5. The van der Waals surface area contributed by atoms with E-state index in [1.165, 1.54) is 12.1 Å². The van der Waals surface area contributed by atoms with E-state index in [1.54, 1.807) is 12.1 Å². The Morgan fingerprint density at radius 1 is 1.21 bits per heavy atom. The van der Waals surface area contributed by atoms with Gasteiger partial charge in [0.2, 0.25) is 0 Å². The summed E-state index contributed by atoms with van der Waals surface area (Å²) < 4.78 is 44.4. The minimum atomic E-state index is -4.28. The third-order valence-corrected chi connectivity index (χ3v) is 4.54. The Balaban J connectivity index is 1.82. The largest absolute Gasteiger partial charge is 0.416 e. The van der Waals surface area contributed by atoms with Crippen LogP contribution < -0.4 is 0 Å². The average molecular weight is 345 g/mol. The quantitative estimate of drug-likeness (QED) is 0.734. The maximum Gasteiger partial charge on any atom is 0.416 e. The SMILES string of the molecule is OCCOCCN1CCC[C@H](CCc2ccccc2C(F)(F)F)C1. The van der Waals surface area contributed by atoms with E-state index < -0.39 is 11.7 Å². The van der Waals surface area contributed by atoms with E-state index >= 15 is 0 Å². The van der Waals surface area contributed by atoms with Crippen molar-refractivity contribution in [2.45, 2.75) is 31.9 Å². The van der Waals surface area contributed by atoms with Crippen LogP contribution in [0, 0.1) is 5.92 Å². The summed E-state index contributed by atoms with van der Waals surface area (Å²) in [6, 6.07) is 5.88. The normalized spacial score (nSPS) is 19.6. The lowest BCUT2D eigenvalue weighted by molar-refractivity contribution is -0.138. The fraction of sp³-hybridized carbons (Fsp3) is 0.667. The highest BCUT2D eigenvalue weighted by Crippen LogP contribution is 2.33. The summed E-state index contributed by atoms with van der Waals surface area (Å²) in [6.07, 6.45) is -0.886. The van der Waals surface area contributed by atoms with Gasteiger partial charge in [0.1, 0.15) is 0 Å². The predicted molar refractivity (Wildman–Crippen MR) is 86.8 cm³/mol. The van der Waals surface area contributed by atoms with Gasteiger partial charge >= 0.3 is 6.18 Å². The van der Waals surface area contributed by atoms with Crippen molar-refractivity contribution in [1.29, 1.82) is 0 Å². The molecule has 0 bridgehead atoms. The smallest absolute Gasteiger partial charge is 0.394 e.